The van der Waals surface area contributed by atoms with Gasteiger partial charge in [0.05, 0.1) is 28.1 Å². The average Bonchev–Trinajstić information content (AvgIpc) is 2.87. The number of rotatable bonds is 4. The lowest BCUT2D eigenvalue weighted by molar-refractivity contribution is -0.122. The molecule has 2 aromatic rings. The predicted molar refractivity (Wildman–Crippen MR) is 74.5 cm³/mol. The Balaban J connectivity index is 1.94. The van der Waals surface area contributed by atoms with Crippen LogP contribution in [0, 0.1) is 13.8 Å². The molecule has 0 fully saturated rings. The Morgan fingerprint density at radius 2 is 2.21 bits per heavy atom. The minimum absolute atomic E-state index is 0.0701. The Morgan fingerprint density at radius 1 is 1.47 bits per heavy atom. The zero-order valence-corrected chi connectivity index (χ0v) is 12.7. The van der Waals surface area contributed by atoms with Crippen molar-refractivity contribution in [2.75, 3.05) is 0 Å². The first kappa shape index (κ1) is 13.8. The van der Waals surface area contributed by atoms with Gasteiger partial charge in [-0.1, -0.05) is 0 Å². The van der Waals surface area contributed by atoms with Crippen LogP contribution < -0.4 is 5.32 Å². The van der Waals surface area contributed by atoms with E-state index >= 15 is 0 Å². The Hall–Kier alpha value is -1.63. The summed E-state index contributed by atoms with van der Waals surface area (Å²) in [6.45, 7) is 4.52. The van der Waals surface area contributed by atoms with Gasteiger partial charge >= 0.3 is 0 Å². The molecule has 102 valence electrons. The van der Waals surface area contributed by atoms with E-state index in [4.69, 9.17) is 0 Å². The van der Waals surface area contributed by atoms with Crippen LogP contribution in [0.3, 0.4) is 0 Å². The second kappa shape index (κ2) is 5.56. The van der Waals surface area contributed by atoms with Crippen molar-refractivity contribution in [1.29, 1.82) is 0 Å². The van der Waals surface area contributed by atoms with Crippen molar-refractivity contribution < 1.29 is 4.79 Å². The second-order valence-electron chi connectivity index (χ2n) is 4.37. The summed E-state index contributed by atoms with van der Waals surface area (Å²) in [7, 11) is 1.85. The van der Waals surface area contributed by atoms with Crippen LogP contribution in [0.5, 0.6) is 0 Å². The Kier molecular flexibility index (Phi) is 4.04. The maximum absolute atomic E-state index is 11.9. The summed E-state index contributed by atoms with van der Waals surface area (Å²) in [4.78, 5) is 11.9. The molecule has 6 nitrogen and oxygen atoms in total. The first-order valence-electron chi connectivity index (χ1n) is 5.92. The van der Waals surface area contributed by atoms with Crippen LogP contribution in [0.15, 0.2) is 16.7 Å². The summed E-state index contributed by atoms with van der Waals surface area (Å²) in [6.07, 6.45) is 1.71. The molecule has 1 N–H and O–H groups in total. The molecule has 19 heavy (non-hydrogen) atoms. The SMILES string of the molecule is Cc1nn(CC(=O)NCc2ccnn2C)c(C)c1Br. The normalized spacial score (nSPS) is 10.7. The topological polar surface area (TPSA) is 64.7 Å². The minimum Gasteiger partial charge on any atom is -0.349 e. The van der Waals surface area contributed by atoms with Gasteiger partial charge in [0, 0.05) is 13.2 Å². The van der Waals surface area contributed by atoms with Crippen LogP contribution in [0.4, 0.5) is 0 Å². The average molecular weight is 326 g/mol. The Labute approximate surface area is 119 Å². The van der Waals surface area contributed by atoms with E-state index in [9.17, 15) is 4.79 Å². The molecule has 0 atom stereocenters. The van der Waals surface area contributed by atoms with Gasteiger partial charge in [-0.25, -0.2) is 0 Å². The van der Waals surface area contributed by atoms with E-state index in [2.05, 4.69) is 31.4 Å². The lowest BCUT2D eigenvalue weighted by atomic mass is 10.4. The molecule has 7 heteroatoms. The molecule has 2 heterocycles. The number of halogens is 1. The van der Waals surface area contributed by atoms with E-state index in [1.165, 1.54) is 0 Å². The summed E-state index contributed by atoms with van der Waals surface area (Å²) in [5.74, 6) is -0.0701. The molecule has 2 aromatic heterocycles. The monoisotopic (exact) mass is 325 g/mol. The van der Waals surface area contributed by atoms with Crippen LogP contribution in [-0.4, -0.2) is 25.5 Å². The van der Waals surface area contributed by atoms with Crippen molar-refractivity contribution in [3.63, 3.8) is 0 Å². The van der Waals surface area contributed by atoms with Gasteiger partial charge in [0.25, 0.3) is 0 Å². The van der Waals surface area contributed by atoms with Crippen molar-refractivity contribution in [3.05, 3.63) is 33.8 Å². The maximum Gasteiger partial charge on any atom is 0.242 e. The van der Waals surface area contributed by atoms with Crippen LogP contribution in [0.25, 0.3) is 0 Å². The van der Waals surface area contributed by atoms with E-state index in [-0.39, 0.29) is 12.5 Å². The molecule has 0 spiro atoms. The van der Waals surface area contributed by atoms with Crippen LogP contribution in [0.2, 0.25) is 0 Å². The molecular formula is C12H16BrN5O. The number of carbonyl (C=O) groups excluding carboxylic acids is 1. The van der Waals surface area contributed by atoms with Crippen molar-refractivity contribution >= 4 is 21.8 Å². The van der Waals surface area contributed by atoms with E-state index < -0.39 is 0 Å². The van der Waals surface area contributed by atoms with Crippen molar-refractivity contribution in [1.82, 2.24) is 24.9 Å². The highest BCUT2D eigenvalue weighted by Crippen LogP contribution is 2.19. The summed E-state index contributed by atoms with van der Waals surface area (Å²) in [6, 6.07) is 1.88. The van der Waals surface area contributed by atoms with Gasteiger partial charge in [0.2, 0.25) is 5.91 Å². The molecule has 0 aliphatic heterocycles. The Morgan fingerprint density at radius 3 is 2.74 bits per heavy atom. The highest BCUT2D eigenvalue weighted by molar-refractivity contribution is 9.10. The van der Waals surface area contributed by atoms with E-state index in [0.29, 0.717) is 6.54 Å². The van der Waals surface area contributed by atoms with Gasteiger partial charge < -0.3 is 5.32 Å². The van der Waals surface area contributed by atoms with Gasteiger partial charge in [0.15, 0.2) is 0 Å². The number of nitrogens with one attached hydrogen (secondary N) is 1. The third-order valence-corrected chi connectivity index (χ3v) is 4.12. The number of aryl methyl sites for hydroxylation is 2. The Bertz CT molecular complexity index is 601. The highest BCUT2D eigenvalue weighted by Gasteiger charge is 2.11. The summed E-state index contributed by atoms with van der Waals surface area (Å²) >= 11 is 3.44. The molecule has 0 aliphatic rings. The zero-order chi connectivity index (χ0) is 14.0. The number of amides is 1. The third-order valence-electron chi connectivity index (χ3n) is 2.98. The molecular weight excluding hydrogens is 310 g/mol. The van der Waals surface area contributed by atoms with Crippen LogP contribution >= 0.6 is 15.9 Å². The number of hydrogen-bond acceptors (Lipinski definition) is 3. The summed E-state index contributed by atoms with van der Waals surface area (Å²) < 4.78 is 4.38. The molecule has 0 aliphatic carbocycles. The number of carbonyl (C=O) groups is 1. The van der Waals surface area contributed by atoms with E-state index in [0.717, 1.165) is 21.6 Å². The molecule has 0 unspecified atom stereocenters. The van der Waals surface area contributed by atoms with Gasteiger partial charge in [-0.05, 0) is 35.8 Å². The molecule has 0 saturated carbocycles. The quantitative estimate of drug-likeness (QED) is 0.921. The lowest BCUT2D eigenvalue weighted by Crippen LogP contribution is -2.28. The van der Waals surface area contributed by atoms with E-state index in [1.54, 1.807) is 15.6 Å². The summed E-state index contributed by atoms with van der Waals surface area (Å²) in [5.41, 5.74) is 2.80. The van der Waals surface area contributed by atoms with E-state index in [1.807, 2.05) is 27.0 Å². The standard InChI is InChI=1S/C12H16BrN5O/c1-8-12(13)9(2)18(16-8)7-11(19)14-6-10-4-5-15-17(10)3/h4-5H,6-7H2,1-3H3,(H,14,19). The highest BCUT2D eigenvalue weighted by atomic mass is 79.9. The van der Waals surface area contributed by atoms with Crippen molar-refractivity contribution in [3.8, 4) is 0 Å². The second-order valence-corrected chi connectivity index (χ2v) is 5.16. The molecule has 0 saturated heterocycles. The van der Waals surface area contributed by atoms with Crippen molar-refractivity contribution in [2.45, 2.75) is 26.9 Å². The van der Waals surface area contributed by atoms with Gasteiger partial charge in [0.1, 0.15) is 6.54 Å². The van der Waals surface area contributed by atoms with Gasteiger partial charge in [-0.15, -0.1) is 0 Å². The molecule has 0 bridgehead atoms. The fraction of sp³-hybridized carbons (Fsp3) is 0.417. The minimum atomic E-state index is -0.0701. The zero-order valence-electron chi connectivity index (χ0n) is 11.1. The fourth-order valence-electron chi connectivity index (χ4n) is 1.78. The molecule has 0 radical (unpaired) electrons. The first-order chi connectivity index (χ1) is 8.99. The van der Waals surface area contributed by atoms with Gasteiger partial charge in [-0.2, -0.15) is 10.2 Å². The van der Waals surface area contributed by atoms with Crippen molar-refractivity contribution in [2.24, 2.45) is 7.05 Å². The smallest absolute Gasteiger partial charge is 0.242 e. The first-order valence-corrected chi connectivity index (χ1v) is 6.71. The molecule has 1 amide bonds. The fourth-order valence-corrected chi connectivity index (χ4v) is 2.07. The molecule has 2 rings (SSSR count). The van der Waals surface area contributed by atoms with Gasteiger partial charge in [-0.3, -0.25) is 14.2 Å². The third kappa shape index (κ3) is 3.04. The maximum atomic E-state index is 11.9. The van der Waals surface area contributed by atoms with Crippen LogP contribution in [-0.2, 0) is 24.9 Å². The number of hydrogen-bond donors (Lipinski definition) is 1. The number of aromatic nitrogens is 4. The summed E-state index contributed by atoms with van der Waals surface area (Å²) in [5, 5.41) is 11.2. The largest absolute Gasteiger partial charge is 0.349 e. The molecule has 0 aromatic carbocycles. The van der Waals surface area contributed by atoms with Crippen LogP contribution in [0.1, 0.15) is 17.1 Å². The lowest BCUT2D eigenvalue weighted by Gasteiger charge is -2.07. The number of nitrogens with zero attached hydrogens (tertiary/aromatic N) is 4. The predicted octanol–water partition coefficient (Wildman–Crippen LogP) is 1.31.